The van der Waals surface area contributed by atoms with E-state index in [9.17, 15) is 0 Å². The van der Waals surface area contributed by atoms with Gasteiger partial charge in [-0.05, 0) is 42.0 Å². The lowest BCUT2D eigenvalue weighted by molar-refractivity contribution is 0.712. The molecule has 1 aromatic rings. The summed E-state index contributed by atoms with van der Waals surface area (Å²) in [6.07, 6.45) is 4.61. The zero-order chi connectivity index (χ0) is 11.5. The SMILES string of the molecule is N=Cc1cccc(C2CC(=N)C=C(Cl)C2)c1. The fourth-order valence-corrected chi connectivity index (χ4v) is 2.34. The van der Waals surface area contributed by atoms with Gasteiger partial charge in [0.05, 0.1) is 0 Å². The summed E-state index contributed by atoms with van der Waals surface area (Å²) in [6.45, 7) is 0. The van der Waals surface area contributed by atoms with E-state index in [1.807, 2.05) is 24.3 Å². The molecular weight excluding hydrogens is 220 g/mol. The van der Waals surface area contributed by atoms with Crippen molar-refractivity contribution in [1.82, 2.24) is 0 Å². The first-order valence-corrected chi connectivity index (χ1v) is 5.61. The van der Waals surface area contributed by atoms with E-state index < -0.39 is 0 Å². The van der Waals surface area contributed by atoms with Crippen LogP contribution in [0.15, 0.2) is 35.4 Å². The number of allylic oxidation sites excluding steroid dienone is 2. The van der Waals surface area contributed by atoms with E-state index >= 15 is 0 Å². The highest BCUT2D eigenvalue weighted by Gasteiger charge is 2.19. The first-order valence-electron chi connectivity index (χ1n) is 5.23. The van der Waals surface area contributed by atoms with Gasteiger partial charge in [0.15, 0.2) is 0 Å². The highest BCUT2D eigenvalue weighted by molar-refractivity contribution is 6.31. The molecule has 1 atom stereocenters. The number of nitrogens with one attached hydrogen (secondary N) is 2. The van der Waals surface area contributed by atoms with Crippen molar-refractivity contribution in [1.29, 1.82) is 10.8 Å². The van der Waals surface area contributed by atoms with Crippen molar-refractivity contribution in [2.75, 3.05) is 0 Å². The van der Waals surface area contributed by atoms with Gasteiger partial charge < -0.3 is 10.8 Å². The molecule has 2 nitrogen and oxygen atoms in total. The van der Waals surface area contributed by atoms with Crippen molar-refractivity contribution >= 4 is 23.5 Å². The molecule has 3 heteroatoms. The predicted molar refractivity (Wildman–Crippen MR) is 68.0 cm³/mol. The average molecular weight is 233 g/mol. The largest absolute Gasteiger partial charge is 0.308 e. The molecule has 2 N–H and O–H groups in total. The van der Waals surface area contributed by atoms with E-state index in [4.69, 9.17) is 22.4 Å². The van der Waals surface area contributed by atoms with E-state index in [-0.39, 0.29) is 5.92 Å². The third kappa shape index (κ3) is 2.39. The molecule has 1 unspecified atom stereocenters. The Morgan fingerprint density at radius 1 is 1.31 bits per heavy atom. The second kappa shape index (κ2) is 4.62. The highest BCUT2D eigenvalue weighted by Crippen LogP contribution is 2.33. The van der Waals surface area contributed by atoms with E-state index in [1.165, 1.54) is 6.21 Å². The van der Waals surface area contributed by atoms with Crippen LogP contribution >= 0.6 is 11.6 Å². The quantitative estimate of drug-likeness (QED) is 0.731. The Morgan fingerprint density at radius 2 is 2.12 bits per heavy atom. The van der Waals surface area contributed by atoms with E-state index in [0.29, 0.717) is 5.71 Å². The Labute approximate surface area is 100.0 Å². The van der Waals surface area contributed by atoms with Crippen molar-refractivity contribution in [2.24, 2.45) is 0 Å². The maximum Gasteiger partial charge on any atom is 0.0331 e. The fourth-order valence-electron chi connectivity index (χ4n) is 2.02. The first-order chi connectivity index (χ1) is 7.69. The van der Waals surface area contributed by atoms with Crippen molar-refractivity contribution in [2.45, 2.75) is 18.8 Å². The van der Waals surface area contributed by atoms with Crippen molar-refractivity contribution in [3.05, 3.63) is 46.5 Å². The minimum absolute atomic E-state index is 0.282. The van der Waals surface area contributed by atoms with Crippen LogP contribution in [0.5, 0.6) is 0 Å². The van der Waals surface area contributed by atoms with Crippen LogP contribution in [0.2, 0.25) is 0 Å². The van der Waals surface area contributed by atoms with E-state index in [2.05, 4.69) is 0 Å². The number of rotatable bonds is 2. The van der Waals surface area contributed by atoms with Gasteiger partial charge in [0.1, 0.15) is 0 Å². The molecule has 0 spiro atoms. The van der Waals surface area contributed by atoms with Gasteiger partial charge in [-0.2, -0.15) is 0 Å². The summed E-state index contributed by atoms with van der Waals surface area (Å²) >= 11 is 6.01. The Morgan fingerprint density at radius 3 is 2.81 bits per heavy atom. The standard InChI is InChI=1S/C13H13ClN2/c14-12-5-11(6-13(16)7-12)10-3-1-2-9(4-10)8-15/h1-4,7-8,11,15-16H,5-6H2. The Kier molecular flexibility index (Phi) is 3.20. The lowest BCUT2D eigenvalue weighted by atomic mass is 9.86. The third-order valence-electron chi connectivity index (χ3n) is 2.79. The van der Waals surface area contributed by atoms with Crippen LogP contribution in [-0.4, -0.2) is 11.9 Å². The Balaban J connectivity index is 2.27. The molecule has 0 bridgehead atoms. The second-order valence-electron chi connectivity index (χ2n) is 4.04. The summed E-state index contributed by atoms with van der Waals surface area (Å²) in [5.41, 5.74) is 2.65. The summed E-state index contributed by atoms with van der Waals surface area (Å²) in [6, 6.07) is 7.90. The third-order valence-corrected chi connectivity index (χ3v) is 3.05. The average Bonchev–Trinajstić information content (AvgIpc) is 2.28. The predicted octanol–water partition coefficient (Wildman–Crippen LogP) is 3.70. The molecule has 16 heavy (non-hydrogen) atoms. The second-order valence-corrected chi connectivity index (χ2v) is 4.52. The van der Waals surface area contributed by atoms with Gasteiger partial charge in [-0.25, -0.2) is 0 Å². The van der Waals surface area contributed by atoms with Crippen LogP contribution in [0, 0.1) is 10.8 Å². The van der Waals surface area contributed by atoms with Crippen molar-refractivity contribution in [3.63, 3.8) is 0 Å². The minimum atomic E-state index is 0.282. The van der Waals surface area contributed by atoms with Crippen LogP contribution in [0.1, 0.15) is 29.9 Å². The molecular formula is C13H13ClN2. The molecule has 0 aliphatic heterocycles. The highest BCUT2D eigenvalue weighted by atomic mass is 35.5. The summed E-state index contributed by atoms with van der Waals surface area (Å²) in [5, 5.41) is 15.7. The van der Waals surface area contributed by atoms with Gasteiger partial charge in [-0.15, -0.1) is 0 Å². The lowest BCUT2D eigenvalue weighted by Crippen LogP contribution is -2.10. The zero-order valence-electron chi connectivity index (χ0n) is 8.83. The van der Waals surface area contributed by atoms with Crippen LogP contribution in [0.3, 0.4) is 0 Å². The van der Waals surface area contributed by atoms with Crippen LogP contribution in [0.25, 0.3) is 0 Å². The molecule has 0 saturated heterocycles. The lowest BCUT2D eigenvalue weighted by Gasteiger charge is -2.21. The Hall–Kier alpha value is -1.41. The molecule has 0 heterocycles. The van der Waals surface area contributed by atoms with Gasteiger partial charge in [-0.1, -0.05) is 29.8 Å². The van der Waals surface area contributed by atoms with Crippen molar-refractivity contribution < 1.29 is 0 Å². The molecule has 0 amide bonds. The summed E-state index contributed by atoms with van der Waals surface area (Å²) in [5.74, 6) is 0.282. The monoisotopic (exact) mass is 232 g/mol. The maximum atomic E-state index is 7.69. The smallest absolute Gasteiger partial charge is 0.0331 e. The van der Waals surface area contributed by atoms with E-state index in [0.717, 1.165) is 29.0 Å². The summed E-state index contributed by atoms with van der Waals surface area (Å²) < 4.78 is 0. The molecule has 0 saturated carbocycles. The molecule has 1 aromatic carbocycles. The fraction of sp³-hybridized carbons (Fsp3) is 0.231. The molecule has 0 radical (unpaired) electrons. The molecule has 1 aliphatic rings. The van der Waals surface area contributed by atoms with Crippen LogP contribution < -0.4 is 0 Å². The van der Waals surface area contributed by atoms with Crippen molar-refractivity contribution in [3.8, 4) is 0 Å². The molecule has 0 fully saturated rings. The molecule has 1 aliphatic carbocycles. The summed E-state index contributed by atoms with van der Waals surface area (Å²) in [4.78, 5) is 0. The topological polar surface area (TPSA) is 47.7 Å². The van der Waals surface area contributed by atoms with Gasteiger partial charge >= 0.3 is 0 Å². The molecule has 0 aromatic heterocycles. The van der Waals surface area contributed by atoms with Gasteiger partial charge in [0.2, 0.25) is 0 Å². The Bertz CT molecular complexity index is 463. The normalized spacial score (nSPS) is 20.4. The minimum Gasteiger partial charge on any atom is -0.308 e. The van der Waals surface area contributed by atoms with Gasteiger partial charge in [0, 0.05) is 17.0 Å². The number of benzene rings is 1. The first kappa shape index (κ1) is 11.1. The van der Waals surface area contributed by atoms with Crippen LogP contribution in [-0.2, 0) is 0 Å². The number of halogens is 1. The maximum absolute atomic E-state index is 7.69. The molecule has 2 rings (SSSR count). The zero-order valence-corrected chi connectivity index (χ0v) is 9.59. The number of hydrogen-bond acceptors (Lipinski definition) is 2. The van der Waals surface area contributed by atoms with Gasteiger partial charge in [-0.3, -0.25) is 0 Å². The number of hydrogen-bond donors (Lipinski definition) is 2. The summed E-state index contributed by atoms with van der Waals surface area (Å²) in [7, 11) is 0. The van der Waals surface area contributed by atoms with Gasteiger partial charge in [0.25, 0.3) is 0 Å². The van der Waals surface area contributed by atoms with Crippen LogP contribution in [0.4, 0.5) is 0 Å². The van der Waals surface area contributed by atoms with E-state index in [1.54, 1.807) is 6.08 Å². The molecule has 82 valence electrons.